The average Bonchev–Trinajstić information content (AvgIpc) is 0.785. The van der Waals surface area contributed by atoms with Crippen molar-refractivity contribution >= 4 is 5.91 Å². The van der Waals surface area contributed by atoms with Crippen LogP contribution < -0.4 is 5.32 Å². The molecule has 96 heavy (non-hydrogen) atoms. The molecule has 12 N–H and O–H groups in total. The van der Waals surface area contributed by atoms with Gasteiger partial charge in [-0.25, -0.2) is 0 Å². The minimum atomic E-state index is -1.98. The molecular formula is C77H145NO18. The monoisotopic (exact) mass is 1370 g/mol. The zero-order valence-corrected chi connectivity index (χ0v) is 60.4. The molecule has 17 atom stereocenters. The summed E-state index contributed by atoms with van der Waals surface area (Å²) in [6.45, 7) is 1.78. The summed E-state index contributed by atoms with van der Waals surface area (Å²) in [6.07, 6.45) is 43.1. The third kappa shape index (κ3) is 39.1. The minimum Gasteiger partial charge on any atom is -0.394 e. The lowest BCUT2D eigenvalue weighted by Gasteiger charge is -2.48. The molecule has 3 heterocycles. The standard InChI is InChI=1S/C77H145NO18/c1-3-5-7-9-11-13-15-17-19-21-23-25-26-27-28-29-30-31-32-33-35-36-38-40-42-44-46-48-50-52-54-61(82)60(78-65(83)55-53-51-49-47-45-43-41-39-37-34-24-22-20-18-16-14-12-10-8-6-4-2)59-91-75-71(89)68(86)73(63(57-80)93-75)96-77-72(90)69(87)74(64(58-81)94-77)95-76-70(88)67(85)66(84)62(56-79)92-76/h22,24,52,54,60-64,66-77,79-82,84-90H,3-21,23,25-51,53,55-59H2,1-2H3,(H,78,83)/b24-22-,54-52+. The van der Waals surface area contributed by atoms with E-state index >= 15 is 0 Å². The number of allylic oxidation sites excluding steroid dienone is 3. The molecule has 0 saturated carbocycles. The van der Waals surface area contributed by atoms with E-state index in [-0.39, 0.29) is 18.9 Å². The van der Waals surface area contributed by atoms with Gasteiger partial charge in [-0.05, 0) is 44.9 Å². The summed E-state index contributed by atoms with van der Waals surface area (Å²) >= 11 is 0. The van der Waals surface area contributed by atoms with Crippen molar-refractivity contribution in [1.82, 2.24) is 5.32 Å². The van der Waals surface area contributed by atoms with Gasteiger partial charge in [0, 0.05) is 6.42 Å². The predicted molar refractivity (Wildman–Crippen MR) is 379 cm³/mol. The Kier molecular flexibility index (Phi) is 54.1. The van der Waals surface area contributed by atoms with Crippen molar-refractivity contribution in [1.29, 1.82) is 0 Å². The van der Waals surface area contributed by atoms with Gasteiger partial charge in [0.15, 0.2) is 18.9 Å². The van der Waals surface area contributed by atoms with Gasteiger partial charge in [-0.3, -0.25) is 4.79 Å². The van der Waals surface area contributed by atoms with Crippen LogP contribution in [0.4, 0.5) is 0 Å². The van der Waals surface area contributed by atoms with Crippen molar-refractivity contribution in [3.05, 3.63) is 24.3 Å². The SMILES string of the molecule is CCCCCCCCCC/C=C\CCCCCCCCCCCC(=O)NC(COC1OC(CO)C(OC2OC(CO)C(OC3OC(CO)C(O)C(O)C3O)C(O)C2O)C(O)C1O)C(O)/C=C/CCCCCCCCCCCCCCCCCCCCCCCCCCCCCC. The summed E-state index contributed by atoms with van der Waals surface area (Å²) < 4.78 is 34.4. The first-order valence-electron chi connectivity index (χ1n) is 39.6. The van der Waals surface area contributed by atoms with E-state index in [9.17, 15) is 61.0 Å². The molecule has 566 valence electrons. The third-order valence-corrected chi connectivity index (χ3v) is 20.0. The number of unbranched alkanes of at least 4 members (excludes halogenated alkanes) is 45. The molecule has 0 aliphatic carbocycles. The topological polar surface area (TPSA) is 307 Å². The maximum absolute atomic E-state index is 13.5. The summed E-state index contributed by atoms with van der Waals surface area (Å²) in [5, 5.41) is 121. The zero-order chi connectivity index (χ0) is 69.6. The number of nitrogens with one attached hydrogen (secondary N) is 1. The Morgan fingerprint density at radius 3 is 1.01 bits per heavy atom. The molecule has 3 aliphatic heterocycles. The molecule has 3 fully saturated rings. The van der Waals surface area contributed by atoms with E-state index in [1.54, 1.807) is 6.08 Å². The Balaban J connectivity index is 1.38. The van der Waals surface area contributed by atoms with Crippen LogP contribution in [0.15, 0.2) is 24.3 Å². The van der Waals surface area contributed by atoms with Gasteiger partial charge in [-0.1, -0.05) is 301 Å². The average molecular weight is 1370 g/mol. The number of hydrogen-bond donors (Lipinski definition) is 12. The molecule has 3 aliphatic rings. The number of carbonyl (C=O) groups is 1. The molecule has 0 spiro atoms. The van der Waals surface area contributed by atoms with Crippen molar-refractivity contribution in [2.24, 2.45) is 0 Å². The van der Waals surface area contributed by atoms with Crippen LogP contribution >= 0.6 is 0 Å². The molecule has 19 nitrogen and oxygen atoms in total. The largest absolute Gasteiger partial charge is 0.394 e. The van der Waals surface area contributed by atoms with Gasteiger partial charge in [-0.15, -0.1) is 0 Å². The van der Waals surface area contributed by atoms with E-state index in [4.69, 9.17) is 28.4 Å². The quantitative estimate of drug-likeness (QED) is 0.0199. The van der Waals surface area contributed by atoms with E-state index in [1.807, 2.05) is 6.08 Å². The Labute approximate surface area is 581 Å². The maximum Gasteiger partial charge on any atom is 0.220 e. The molecule has 1 amide bonds. The molecule has 0 radical (unpaired) electrons. The van der Waals surface area contributed by atoms with Crippen LogP contribution in [0.1, 0.15) is 328 Å². The first-order chi connectivity index (χ1) is 46.8. The summed E-state index contributed by atoms with van der Waals surface area (Å²) in [4.78, 5) is 13.5. The fraction of sp³-hybridized carbons (Fsp3) is 0.935. The molecule has 0 aromatic heterocycles. The van der Waals surface area contributed by atoms with E-state index in [1.165, 1.54) is 250 Å². The van der Waals surface area contributed by atoms with Gasteiger partial charge in [-0.2, -0.15) is 0 Å². The molecular weight excluding hydrogens is 1230 g/mol. The van der Waals surface area contributed by atoms with Crippen LogP contribution in [0.5, 0.6) is 0 Å². The fourth-order valence-corrected chi connectivity index (χ4v) is 13.6. The second kappa shape index (κ2) is 58.7. The highest BCUT2D eigenvalue weighted by Gasteiger charge is 2.53. The van der Waals surface area contributed by atoms with Crippen LogP contribution in [0.3, 0.4) is 0 Å². The maximum atomic E-state index is 13.5. The number of aliphatic hydroxyl groups is 11. The first-order valence-corrected chi connectivity index (χ1v) is 39.6. The number of rotatable bonds is 63. The molecule has 3 saturated heterocycles. The molecule has 17 unspecified atom stereocenters. The van der Waals surface area contributed by atoms with Gasteiger partial charge >= 0.3 is 0 Å². The van der Waals surface area contributed by atoms with E-state index < -0.39 is 124 Å². The van der Waals surface area contributed by atoms with Gasteiger partial charge < -0.3 is 89.9 Å². The zero-order valence-electron chi connectivity index (χ0n) is 60.4. The van der Waals surface area contributed by atoms with Crippen molar-refractivity contribution in [2.75, 3.05) is 26.4 Å². The van der Waals surface area contributed by atoms with Crippen LogP contribution in [0, 0.1) is 0 Å². The van der Waals surface area contributed by atoms with E-state index in [0.717, 1.165) is 51.4 Å². The van der Waals surface area contributed by atoms with Crippen LogP contribution in [-0.2, 0) is 33.2 Å². The van der Waals surface area contributed by atoms with Crippen molar-refractivity contribution < 1.29 is 89.4 Å². The lowest BCUT2D eigenvalue weighted by atomic mass is 9.96. The highest BCUT2D eigenvalue weighted by atomic mass is 16.8. The minimum absolute atomic E-state index is 0.244. The van der Waals surface area contributed by atoms with Crippen molar-refractivity contribution in [2.45, 2.75) is 433 Å². The van der Waals surface area contributed by atoms with E-state index in [2.05, 4.69) is 31.3 Å². The van der Waals surface area contributed by atoms with E-state index in [0.29, 0.717) is 6.42 Å². The fourth-order valence-electron chi connectivity index (χ4n) is 13.6. The Morgan fingerprint density at radius 1 is 0.365 bits per heavy atom. The molecule has 0 aromatic rings. The Bertz CT molecular complexity index is 1830. The summed E-state index contributed by atoms with van der Waals surface area (Å²) in [5.41, 5.74) is 0. The number of aliphatic hydroxyl groups excluding tert-OH is 11. The van der Waals surface area contributed by atoms with Gasteiger partial charge in [0.2, 0.25) is 5.91 Å². The normalized spacial score (nSPS) is 27.1. The smallest absolute Gasteiger partial charge is 0.220 e. The second-order valence-electron chi connectivity index (χ2n) is 28.5. The number of hydrogen-bond acceptors (Lipinski definition) is 18. The lowest BCUT2D eigenvalue weighted by Crippen LogP contribution is -2.66. The highest BCUT2D eigenvalue weighted by molar-refractivity contribution is 5.76. The first kappa shape index (κ1) is 88.5. The molecule has 19 heteroatoms. The van der Waals surface area contributed by atoms with Crippen LogP contribution in [-0.4, -0.2) is 193 Å². The number of amides is 1. The van der Waals surface area contributed by atoms with Crippen LogP contribution in [0.2, 0.25) is 0 Å². The lowest BCUT2D eigenvalue weighted by molar-refractivity contribution is -0.379. The number of ether oxygens (including phenoxy) is 6. The molecule has 3 rings (SSSR count). The second-order valence-corrected chi connectivity index (χ2v) is 28.5. The van der Waals surface area contributed by atoms with Gasteiger partial charge in [0.25, 0.3) is 0 Å². The van der Waals surface area contributed by atoms with Crippen molar-refractivity contribution in [3.8, 4) is 0 Å². The van der Waals surface area contributed by atoms with Gasteiger partial charge in [0.1, 0.15) is 73.2 Å². The Hall–Kier alpha value is -1.73. The van der Waals surface area contributed by atoms with Crippen LogP contribution in [0.25, 0.3) is 0 Å². The predicted octanol–water partition coefficient (Wildman–Crippen LogP) is 12.6. The third-order valence-electron chi connectivity index (χ3n) is 20.0. The summed E-state index contributed by atoms with van der Waals surface area (Å²) in [6, 6.07) is -0.974. The summed E-state index contributed by atoms with van der Waals surface area (Å²) in [7, 11) is 0. The highest BCUT2D eigenvalue weighted by Crippen LogP contribution is 2.33. The molecule has 0 bridgehead atoms. The molecule has 0 aromatic carbocycles. The van der Waals surface area contributed by atoms with Gasteiger partial charge in [0.05, 0.1) is 38.6 Å². The van der Waals surface area contributed by atoms with Crippen molar-refractivity contribution in [3.63, 3.8) is 0 Å². The summed E-state index contributed by atoms with van der Waals surface area (Å²) in [5.74, 6) is -0.272. The Morgan fingerprint density at radius 2 is 0.656 bits per heavy atom. The number of carbonyl (C=O) groups excluding carboxylic acids is 1.